The quantitative estimate of drug-likeness (QED) is 0.337. The van der Waals surface area contributed by atoms with E-state index in [1.807, 2.05) is 18.2 Å². The number of carboxylic acid groups (broad SMARTS) is 1. The molecule has 0 heterocycles. The van der Waals surface area contributed by atoms with Crippen molar-refractivity contribution >= 4 is 50.1 Å². The number of anilines is 1. The van der Waals surface area contributed by atoms with E-state index >= 15 is 0 Å². The number of hydrogen-bond donors (Lipinski definition) is 3. The molecule has 0 bridgehead atoms. The van der Waals surface area contributed by atoms with E-state index in [0.29, 0.717) is 11.3 Å². The lowest BCUT2D eigenvalue weighted by molar-refractivity contribution is -0.139. The van der Waals surface area contributed by atoms with Crippen LogP contribution in [0, 0.1) is 0 Å². The van der Waals surface area contributed by atoms with Gasteiger partial charge in [0.25, 0.3) is 9.82 Å². The zero-order valence-corrected chi connectivity index (χ0v) is 16.4. The number of fused-ring (bicyclic) bond motifs is 1. The maximum atomic E-state index is 12.6. The second-order valence-corrected chi connectivity index (χ2v) is 7.13. The summed E-state index contributed by atoms with van der Waals surface area (Å²) < 4.78 is -0.208. The first kappa shape index (κ1) is 19.1. The number of allylic oxidation sites excluding steroid dienone is 1. The summed E-state index contributed by atoms with van der Waals surface area (Å²) in [6, 6.07) is 11.3. The number of nitrogens with one attached hydrogen (secondary N) is 2. The summed E-state index contributed by atoms with van der Waals surface area (Å²) in [5.41, 5.74) is 3.75. The van der Waals surface area contributed by atoms with Crippen LogP contribution in [0.5, 0.6) is 0 Å². The number of hydrogen-bond acceptors (Lipinski definition) is 3. The number of amides is 2. The number of benzene rings is 2. The highest BCUT2D eigenvalue weighted by atomic mass is 127. The largest absolute Gasteiger partial charge is 0.480 e. The molecule has 0 fully saturated rings. The summed E-state index contributed by atoms with van der Waals surface area (Å²) in [5.74, 6) is -1.50. The van der Waals surface area contributed by atoms with Crippen molar-refractivity contribution < 1.29 is 19.5 Å². The minimum Gasteiger partial charge on any atom is -0.480 e. The van der Waals surface area contributed by atoms with Crippen molar-refractivity contribution in [2.45, 2.75) is 18.9 Å². The Labute approximate surface area is 169 Å². The van der Waals surface area contributed by atoms with Crippen molar-refractivity contribution in [3.8, 4) is 0 Å². The molecule has 6 nitrogen and oxygen atoms in total. The van der Waals surface area contributed by atoms with Gasteiger partial charge in [-0.15, -0.1) is 0 Å². The van der Waals surface area contributed by atoms with Crippen molar-refractivity contribution in [1.82, 2.24) is 5.32 Å². The molecule has 1 atom stereocenters. The Kier molecular flexibility index (Phi) is 5.90. The smallest absolute Gasteiger partial charge is 0.326 e. The summed E-state index contributed by atoms with van der Waals surface area (Å²) in [4.78, 5) is 35.3. The average molecular weight is 476 g/mol. The number of carboxylic acids is 1. The van der Waals surface area contributed by atoms with E-state index in [4.69, 9.17) is 0 Å². The molecule has 2 aromatic carbocycles. The van der Waals surface area contributed by atoms with Gasteiger partial charge < -0.3 is 15.7 Å². The van der Waals surface area contributed by atoms with E-state index in [1.165, 1.54) is 0 Å². The number of aliphatic carboxylic acids is 1. The third-order valence-corrected chi connectivity index (χ3v) is 4.57. The van der Waals surface area contributed by atoms with Crippen molar-refractivity contribution in [1.29, 1.82) is 0 Å². The van der Waals surface area contributed by atoms with Gasteiger partial charge in [0.15, 0.2) is 0 Å². The molecule has 1 unspecified atom stereocenters. The van der Waals surface area contributed by atoms with Gasteiger partial charge in [-0.3, -0.25) is 9.59 Å². The molecule has 2 amide bonds. The van der Waals surface area contributed by atoms with Crippen molar-refractivity contribution in [2.24, 2.45) is 0 Å². The van der Waals surface area contributed by atoms with Crippen molar-refractivity contribution in [3.05, 3.63) is 70.8 Å². The highest BCUT2D eigenvalue weighted by Crippen LogP contribution is 2.23. The van der Waals surface area contributed by atoms with E-state index in [-0.39, 0.29) is 10.3 Å². The molecular weight excluding hydrogens is 459 g/mol. The third-order valence-electron chi connectivity index (χ3n) is 4.30. The van der Waals surface area contributed by atoms with Crippen LogP contribution < -0.4 is 10.6 Å². The lowest BCUT2D eigenvalue weighted by atomic mass is 10.0. The van der Waals surface area contributed by atoms with Crippen LogP contribution in [0.3, 0.4) is 0 Å². The Hall–Kier alpha value is -2.68. The van der Waals surface area contributed by atoms with Crippen LogP contribution in [0.4, 0.5) is 10.5 Å². The normalized spacial score (nSPS) is 12.9. The third kappa shape index (κ3) is 4.73. The fourth-order valence-corrected chi connectivity index (χ4v) is 3.31. The molecule has 0 aromatic heterocycles. The van der Waals surface area contributed by atoms with Crippen LogP contribution in [-0.2, 0) is 17.6 Å². The van der Waals surface area contributed by atoms with Crippen molar-refractivity contribution in [3.63, 3.8) is 0 Å². The molecule has 0 saturated heterocycles. The van der Waals surface area contributed by atoms with Crippen LogP contribution >= 0.6 is 22.6 Å². The van der Waals surface area contributed by atoms with Gasteiger partial charge in [0.05, 0.1) is 0 Å². The Morgan fingerprint density at radius 1 is 1.11 bits per heavy atom. The summed E-state index contributed by atoms with van der Waals surface area (Å²) in [6.45, 7) is 0. The number of halogens is 1. The van der Waals surface area contributed by atoms with E-state index in [0.717, 1.165) is 23.1 Å². The molecule has 138 valence electrons. The number of carbonyl (C=O) groups excluding carboxylic acids is 2. The van der Waals surface area contributed by atoms with Crippen LogP contribution in [0.2, 0.25) is 0 Å². The fraction of sp³-hybridized carbons (Fsp3) is 0.150. The molecule has 7 heteroatoms. The second kappa shape index (κ2) is 8.34. The molecule has 0 spiro atoms. The molecule has 0 radical (unpaired) electrons. The zero-order chi connectivity index (χ0) is 19.4. The molecule has 1 aliphatic carbocycles. The van der Waals surface area contributed by atoms with Gasteiger partial charge in [0.1, 0.15) is 6.04 Å². The Balaban J connectivity index is 1.72. The lowest BCUT2D eigenvalue weighted by Gasteiger charge is -2.16. The molecule has 0 saturated carbocycles. The summed E-state index contributed by atoms with van der Waals surface area (Å²) >= 11 is 1.63. The first-order chi connectivity index (χ1) is 12.9. The van der Waals surface area contributed by atoms with E-state index in [9.17, 15) is 19.5 Å². The molecule has 27 heavy (non-hydrogen) atoms. The van der Waals surface area contributed by atoms with Crippen LogP contribution in [-0.4, -0.2) is 26.9 Å². The molecule has 1 aliphatic rings. The SMILES string of the molecule is O=C(I)Nc1ccc(CC(NC(=O)c2cccc3c2C=CC3)C(=O)O)cc1. The Morgan fingerprint density at radius 2 is 1.85 bits per heavy atom. The van der Waals surface area contributed by atoms with Gasteiger partial charge in [-0.05, 0) is 41.3 Å². The van der Waals surface area contributed by atoms with Crippen LogP contribution in [0.15, 0.2) is 48.5 Å². The number of carbonyl (C=O) groups is 3. The van der Waals surface area contributed by atoms with Gasteiger partial charge in [-0.1, -0.05) is 36.4 Å². The highest BCUT2D eigenvalue weighted by molar-refractivity contribution is 14.1. The topological polar surface area (TPSA) is 95.5 Å². The lowest BCUT2D eigenvalue weighted by Crippen LogP contribution is -2.42. The predicted octanol–water partition coefficient (Wildman–Crippen LogP) is 3.65. The standard InChI is InChI=1S/C20H17IN2O4/c21-20(27)22-14-9-7-12(8-10-14)11-17(19(25)26)23-18(24)16-6-2-4-13-3-1-5-15(13)16/h1-2,4-10,17H,3,11H2,(H,22,27)(H,23,24)(H,25,26). The maximum Gasteiger partial charge on any atom is 0.326 e. The van der Waals surface area contributed by atoms with E-state index in [2.05, 4.69) is 10.6 Å². The zero-order valence-electron chi connectivity index (χ0n) is 14.2. The highest BCUT2D eigenvalue weighted by Gasteiger charge is 2.23. The summed E-state index contributed by atoms with van der Waals surface area (Å²) in [6.07, 6.45) is 4.79. The van der Waals surface area contributed by atoms with Gasteiger partial charge in [-0.25, -0.2) is 4.79 Å². The molecule has 3 rings (SSSR count). The van der Waals surface area contributed by atoms with Crippen molar-refractivity contribution in [2.75, 3.05) is 5.32 Å². The van der Waals surface area contributed by atoms with E-state index in [1.54, 1.807) is 59.0 Å². The van der Waals surface area contributed by atoms with Gasteiger partial charge in [0.2, 0.25) is 0 Å². The Morgan fingerprint density at radius 3 is 2.52 bits per heavy atom. The molecular formula is C20H17IN2O4. The first-order valence-electron chi connectivity index (χ1n) is 8.31. The second-order valence-electron chi connectivity index (χ2n) is 6.15. The fourth-order valence-electron chi connectivity index (χ4n) is 3.00. The molecule has 0 aliphatic heterocycles. The minimum atomic E-state index is -1.10. The van der Waals surface area contributed by atoms with Gasteiger partial charge >= 0.3 is 5.97 Å². The number of rotatable bonds is 6. The first-order valence-corrected chi connectivity index (χ1v) is 9.39. The molecule has 2 aromatic rings. The minimum absolute atomic E-state index is 0.143. The van der Waals surface area contributed by atoms with Gasteiger partial charge in [-0.2, -0.15) is 0 Å². The van der Waals surface area contributed by atoms with Crippen LogP contribution in [0.1, 0.15) is 27.0 Å². The Bertz CT molecular complexity index is 922. The molecule has 3 N–H and O–H groups in total. The summed E-state index contributed by atoms with van der Waals surface area (Å²) in [5, 5.41) is 14.8. The predicted molar refractivity (Wildman–Crippen MR) is 111 cm³/mol. The van der Waals surface area contributed by atoms with Crippen LogP contribution in [0.25, 0.3) is 6.08 Å². The summed E-state index contributed by atoms with van der Waals surface area (Å²) in [7, 11) is 0. The van der Waals surface area contributed by atoms with Gasteiger partial charge in [0, 0.05) is 40.3 Å². The van der Waals surface area contributed by atoms with E-state index < -0.39 is 17.9 Å². The maximum absolute atomic E-state index is 12.6. The average Bonchev–Trinajstić information content (AvgIpc) is 3.10. The monoisotopic (exact) mass is 476 g/mol.